The summed E-state index contributed by atoms with van der Waals surface area (Å²) in [5.74, 6) is -1.08. The maximum atomic E-state index is 12.8. The molecule has 0 amide bonds. The zero-order valence-electron chi connectivity index (χ0n) is 9.91. The fraction of sp³-hybridized carbons (Fsp3) is 0.600. The van der Waals surface area contributed by atoms with Crippen molar-refractivity contribution in [1.82, 2.24) is 9.78 Å². The zero-order chi connectivity index (χ0) is 13.2. The molecule has 17 heavy (non-hydrogen) atoms. The van der Waals surface area contributed by atoms with Crippen LogP contribution in [0.5, 0.6) is 0 Å². The first-order valence-corrected chi connectivity index (χ1v) is 5.23. The van der Waals surface area contributed by atoms with Gasteiger partial charge in [-0.15, -0.1) is 0 Å². The highest BCUT2D eigenvalue weighted by molar-refractivity contribution is 5.90. The van der Waals surface area contributed by atoms with E-state index in [9.17, 15) is 13.6 Å². The molecule has 5 nitrogen and oxygen atoms in total. The van der Waals surface area contributed by atoms with Gasteiger partial charge in [-0.2, -0.15) is 5.10 Å². The number of halogens is 2. The average Bonchev–Trinajstić information content (AvgIpc) is 2.56. The molecular formula is C10H15F2N3O2. The third kappa shape index (κ3) is 2.54. The van der Waals surface area contributed by atoms with E-state index in [2.05, 4.69) is 9.84 Å². The molecule has 1 aromatic heterocycles. The van der Waals surface area contributed by atoms with Gasteiger partial charge in [0.2, 0.25) is 0 Å². The van der Waals surface area contributed by atoms with Crippen molar-refractivity contribution in [3.63, 3.8) is 0 Å². The van der Waals surface area contributed by atoms with Gasteiger partial charge in [0.25, 0.3) is 6.43 Å². The number of carbonyl (C=O) groups excluding carboxylic acids is 1. The highest BCUT2D eigenvalue weighted by Crippen LogP contribution is 2.30. The van der Waals surface area contributed by atoms with Gasteiger partial charge in [-0.25, -0.2) is 18.3 Å². The molecule has 0 aliphatic carbocycles. The summed E-state index contributed by atoms with van der Waals surface area (Å²) in [6.07, 6.45) is -2.86. The number of ether oxygens (including phenoxy) is 1. The number of carbonyl (C=O) groups is 1. The molecule has 0 saturated heterocycles. The van der Waals surface area contributed by atoms with Crippen molar-refractivity contribution in [1.29, 1.82) is 0 Å². The van der Waals surface area contributed by atoms with E-state index < -0.39 is 23.7 Å². The van der Waals surface area contributed by atoms with Crippen LogP contribution in [-0.2, 0) is 4.74 Å². The van der Waals surface area contributed by atoms with Crippen molar-refractivity contribution in [2.45, 2.75) is 33.2 Å². The van der Waals surface area contributed by atoms with Crippen molar-refractivity contribution >= 4 is 11.8 Å². The first-order chi connectivity index (χ1) is 7.90. The summed E-state index contributed by atoms with van der Waals surface area (Å²) in [6, 6.07) is -0.212. The molecule has 0 unspecified atom stereocenters. The Morgan fingerprint density at radius 3 is 2.53 bits per heavy atom. The number of hydrogen-bond donors (Lipinski definition) is 1. The van der Waals surface area contributed by atoms with Crippen molar-refractivity contribution in [3.05, 3.63) is 11.3 Å². The van der Waals surface area contributed by atoms with Crippen LogP contribution in [0, 0.1) is 0 Å². The standard InChI is InChI=1S/C10H15F2N3O2/c1-4-17-10(16)7-6(8(11)12)9(13)15(14-7)5(2)3/h5,8H,4,13H2,1-3H3. The van der Waals surface area contributed by atoms with Gasteiger partial charge < -0.3 is 10.5 Å². The molecular weight excluding hydrogens is 232 g/mol. The van der Waals surface area contributed by atoms with Gasteiger partial charge >= 0.3 is 5.97 Å². The molecule has 0 radical (unpaired) electrons. The van der Waals surface area contributed by atoms with E-state index in [1.807, 2.05) is 0 Å². The van der Waals surface area contributed by atoms with Crippen LogP contribution in [0.3, 0.4) is 0 Å². The molecule has 0 aliphatic rings. The molecule has 2 N–H and O–H groups in total. The van der Waals surface area contributed by atoms with E-state index in [4.69, 9.17) is 5.73 Å². The summed E-state index contributed by atoms with van der Waals surface area (Å²) in [7, 11) is 0. The number of esters is 1. The van der Waals surface area contributed by atoms with Gasteiger partial charge in [-0.05, 0) is 20.8 Å². The number of nitrogens with zero attached hydrogens (tertiary/aromatic N) is 2. The normalized spacial score (nSPS) is 11.2. The summed E-state index contributed by atoms with van der Waals surface area (Å²) in [5.41, 5.74) is 4.59. The predicted molar refractivity (Wildman–Crippen MR) is 57.9 cm³/mol. The van der Waals surface area contributed by atoms with Gasteiger partial charge in [-0.3, -0.25) is 0 Å². The smallest absolute Gasteiger partial charge is 0.359 e. The Balaban J connectivity index is 3.28. The quantitative estimate of drug-likeness (QED) is 0.828. The van der Waals surface area contributed by atoms with E-state index >= 15 is 0 Å². The minimum atomic E-state index is -2.86. The van der Waals surface area contributed by atoms with Crippen LogP contribution in [-0.4, -0.2) is 22.4 Å². The zero-order valence-corrected chi connectivity index (χ0v) is 9.91. The van der Waals surface area contributed by atoms with Gasteiger partial charge in [0.05, 0.1) is 12.2 Å². The lowest BCUT2D eigenvalue weighted by Gasteiger charge is -2.07. The third-order valence-electron chi connectivity index (χ3n) is 2.16. The van der Waals surface area contributed by atoms with Crippen LogP contribution in [0.2, 0.25) is 0 Å². The van der Waals surface area contributed by atoms with E-state index in [0.29, 0.717) is 0 Å². The van der Waals surface area contributed by atoms with Crippen LogP contribution in [0.1, 0.15) is 49.3 Å². The van der Waals surface area contributed by atoms with Gasteiger partial charge in [0.1, 0.15) is 5.82 Å². The lowest BCUT2D eigenvalue weighted by molar-refractivity contribution is 0.0508. The summed E-state index contributed by atoms with van der Waals surface area (Å²) >= 11 is 0. The van der Waals surface area contributed by atoms with Crippen LogP contribution in [0.25, 0.3) is 0 Å². The average molecular weight is 247 g/mol. The molecule has 0 spiro atoms. The second kappa shape index (κ2) is 5.11. The number of nitrogens with two attached hydrogens (primary N) is 1. The number of rotatable bonds is 4. The number of hydrogen-bond acceptors (Lipinski definition) is 4. The summed E-state index contributed by atoms with van der Waals surface area (Å²) in [4.78, 5) is 11.5. The Labute approximate surface area is 97.5 Å². The van der Waals surface area contributed by atoms with Crippen LogP contribution in [0.4, 0.5) is 14.6 Å². The number of aromatic nitrogens is 2. The molecule has 96 valence electrons. The third-order valence-corrected chi connectivity index (χ3v) is 2.16. The number of alkyl halides is 2. The van der Waals surface area contributed by atoms with E-state index in [-0.39, 0.29) is 18.5 Å². The second-order valence-electron chi connectivity index (χ2n) is 3.71. The van der Waals surface area contributed by atoms with Crippen LogP contribution >= 0.6 is 0 Å². The first-order valence-electron chi connectivity index (χ1n) is 5.23. The molecule has 0 bridgehead atoms. The Morgan fingerprint density at radius 2 is 2.12 bits per heavy atom. The molecule has 0 fully saturated rings. The van der Waals surface area contributed by atoms with Gasteiger partial charge in [-0.1, -0.05) is 0 Å². The van der Waals surface area contributed by atoms with Crippen molar-refractivity contribution in [3.8, 4) is 0 Å². The predicted octanol–water partition coefficient (Wildman–Crippen LogP) is 2.16. The number of nitrogen functional groups attached to an aromatic ring is 1. The van der Waals surface area contributed by atoms with Crippen LogP contribution in [0.15, 0.2) is 0 Å². The fourth-order valence-electron chi connectivity index (χ4n) is 1.42. The van der Waals surface area contributed by atoms with E-state index in [1.54, 1.807) is 20.8 Å². The molecule has 0 aliphatic heterocycles. The minimum absolute atomic E-state index is 0.0932. The SMILES string of the molecule is CCOC(=O)c1nn(C(C)C)c(N)c1C(F)F. The Kier molecular flexibility index (Phi) is 4.03. The molecule has 1 aromatic rings. The molecule has 7 heteroatoms. The highest BCUT2D eigenvalue weighted by atomic mass is 19.3. The van der Waals surface area contributed by atoms with Gasteiger partial charge in [0.15, 0.2) is 5.69 Å². The second-order valence-corrected chi connectivity index (χ2v) is 3.71. The van der Waals surface area contributed by atoms with E-state index in [1.165, 1.54) is 4.68 Å². The highest BCUT2D eigenvalue weighted by Gasteiger charge is 2.29. The summed E-state index contributed by atoms with van der Waals surface area (Å²) in [6.45, 7) is 5.14. The molecule has 1 heterocycles. The molecule has 0 saturated carbocycles. The summed E-state index contributed by atoms with van der Waals surface area (Å²) < 4.78 is 31.5. The molecule has 1 rings (SSSR count). The molecule has 0 aromatic carbocycles. The van der Waals surface area contributed by atoms with Gasteiger partial charge in [0, 0.05) is 6.04 Å². The Morgan fingerprint density at radius 1 is 1.53 bits per heavy atom. The number of anilines is 1. The lowest BCUT2D eigenvalue weighted by Crippen LogP contribution is -2.10. The summed E-state index contributed by atoms with van der Waals surface area (Å²) in [5, 5.41) is 3.79. The maximum Gasteiger partial charge on any atom is 0.359 e. The fourth-order valence-corrected chi connectivity index (χ4v) is 1.42. The van der Waals surface area contributed by atoms with Crippen molar-refractivity contribution < 1.29 is 18.3 Å². The van der Waals surface area contributed by atoms with Crippen LogP contribution < -0.4 is 5.73 Å². The Bertz CT molecular complexity index is 416. The monoisotopic (exact) mass is 247 g/mol. The van der Waals surface area contributed by atoms with Crippen molar-refractivity contribution in [2.75, 3.05) is 12.3 Å². The van der Waals surface area contributed by atoms with E-state index in [0.717, 1.165) is 0 Å². The topological polar surface area (TPSA) is 70.1 Å². The first kappa shape index (κ1) is 13.4. The lowest BCUT2D eigenvalue weighted by atomic mass is 10.2. The maximum absolute atomic E-state index is 12.8. The van der Waals surface area contributed by atoms with Crippen molar-refractivity contribution in [2.24, 2.45) is 0 Å². The largest absolute Gasteiger partial charge is 0.461 e. The molecule has 0 atom stereocenters. The minimum Gasteiger partial charge on any atom is -0.461 e. The Hall–Kier alpha value is -1.66.